The Labute approximate surface area is 99.8 Å². The van der Waals surface area contributed by atoms with Crippen LogP contribution in [0.1, 0.15) is 0 Å². The zero-order valence-corrected chi connectivity index (χ0v) is 10.2. The van der Waals surface area contributed by atoms with Gasteiger partial charge in [0.25, 0.3) is 0 Å². The molecule has 0 aliphatic heterocycles. The van der Waals surface area contributed by atoms with E-state index in [1.54, 1.807) is 12.3 Å². The van der Waals surface area contributed by atoms with Crippen LogP contribution in [0.5, 0.6) is 0 Å². The molecule has 0 fully saturated rings. The molecule has 80 valence electrons. The van der Waals surface area contributed by atoms with Crippen LogP contribution in [-0.2, 0) is 7.05 Å². The molecule has 2 aromatic heterocycles. The number of aromatic nitrogens is 2. The second-order valence-electron chi connectivity index (χ2n) is 3.79. The van der Waals surface area contributed by atoms with Crippen molar-refractivity contribution in [3.05, 3.63) is 45.3 Å². The highest BCUT2D eigenvalue weighted by molar-refractivity contribution is 9.10. The summed E-state index contributed by atoms with van der Waals surface area (Å²) < 4.78 is 3.09. The topological polar surface area (TPSA) is 37.8 Å². The number of nitrogens with zero attached hydrogens (tertiary/aromatic N) is 1. The summed E-state index contributed by atoms with van der Waals surface area (Å²) in [4.78, 5) is 14.1. The number of hydrogen-bond acceptors (Lipinski definition) is 1. The van der Waals surface area contributed by atoms with Crippen molar-refractivity contribution in [3.63, 3.8) is 0 Å². The van der Waals surface area contributed by atoms with Crippen LogP contribution in [0.3, 0.4) is 0 Å². The second kappa shape index (κ2) is 3.22. The van der Waals surface area contributed by atoms with Crippen molar-refractivity contribution in [2.24, 2.45) is 7.05 Å². The average Bonchev–Trinajstić information content (AvgIpc) is 2.54. The van der Waals surface area contributed by atoms with Crippen molar-refractivity contribution >= 4 is 37.7 Å². The molecule has 0 saturated heterocycles. The first-order valence-electron chi connectivity index (χ1n) is 4.94. The fraction of sp³-hybridized carbons (Fsp3) is 0.0833. The van der Waals surface area contributed by atoms with Gasteiger partial charge in [-0.05, 0) is 12.1 Å². The van der Waals surface area contributed by atoms with Gasteiger partial charge in [0.05, 0.1) is 11.0 Å². The Hall–Kier alpha value is -1.55. The van der Waals surface area contributed by atoms with Crippen LogP contribution >= 0.6 is 15.9 Å². The highest BCUT2D eigenvalue weighted by Gasteiger charge is 2.10. The third-order valence-electron chi connectivity index (χ3n) is 2.89. The van der Waals surface area contributed by atoms with E-state index in [-0.39, 0.29) is 5.56 Å². The van der Waals surface area contributed by atoms with Crippen LogP contribution in [0.4, 0.5) is 0 Å². The Morgan fingerprint density at radius 3 is 2.94 bits per heavy atom. The normalized spacial score (nSPS) is 11.4. The van der Waals surface area contributed by atoms with Gasteiger partial charge in [-0.15, -0.1) is 0 Å². The number of aryl methyl sites for hydroxylation is 1. The van der Waals surface area contributed by atoms with Crippen LogP contribution in [-0.4, -0.2) is 9.55 Å². The Morgan fingerprint density at radius 2 is 2.12 bits per heavy atom. The summed E-state index contributed by atoms with van der Waals surface area (Å²) in [5.41, 5.74) is 2.07. The lowest BCUT2D eigenvalue weighted by atomic mass is 10.2. The van der Waals surface area contributed by atoms with Crippen LogP contribution < -0.4 is 5.56 Å². The highest BCUT2D eigenvalue weighted by Crippen LogP contribution is 2.32. The zero-order chi connectivity index (χ0) is 11.3. The van der Waals surface area contributed by atoms with Gasteiger partial charge in [-0.3, -0.25) is 4.79 Å². The van der Waals surface area contributed by atoms with Gasteiger partial charge < -0.3 is 9.55 Å². The van der Waals surface area contributed by atoms with Gasteiger partial charge in [0.1, 0.15) is 0 Å². The molecule has 0 amide bonds. The Bertz CT molecular complexity index is 755. The molecular weight excluding hydrogens is 268 g/mol. The van der Waals surface area contributed by atoms with Gasteiger partial charge in [-0.25, -0.2) is 0 Å². The Balaban J connectivity index is 2.72. The van der Waals surface area contributed by atoms with E-state index in [0.29, 0.717) is 0 Å². The number of aromatic amines is 1. The molecular formula is C12H9BrN2O. The average molecular weight is 277 g/mol. The molecule has 16 heavy (non-hydrogen) atoms. The molecule has 3 aromatic rings. The molecule has 4 heteroatoms. The molecule has 3 rings (SSSR count). The van der Waals surface area contributed by atoms with Crippen molar-refractivity contribution < 1.29 is 0 Å². The van der Waals surface area contributed by atoms with Gasteiger partial charge in [-0.1, -0.05) is 22.0 Å². The van der Waals surface area contributed by atoms with Crippen molar-refractivity contribution in [2.45, 2.75) is 0 Å². The van der Waals surface area contributed by atoms with E-state index in [1.807, 2.05) is 25.2 Å². The van der Waals surface area contributed by atoms with Crippen LogP contribution in [0.25, 0.3) is 21.8 Å². The summed E-state index contributed by atoms with van der Waals surface area (Å²) in [5.74, 6) is 0. The van der Waals surface area contributed by atoms with Gasteiger partial charge in [0.15, 0.2) is 0 Å². The van der Waals surface area contributed by atoms with E-state index in [0.717, 1.165) is 26.3 Å². The van der Waals surface area contributed by atoms with E-state index >= 15 is 0 Å². The van der Waals surface area contributed by atoms with E-state index in [2.05, 4.69) is 25.5 Å². The molecule has 0 bridgehead atoms. The van der Waals surface area contributed by atoms with Crippen molar-refractivity contribution in [3.8, 4) is 0 Å². The predicted molar refractivity (Wildman–Crippen MR) is 68.7 cm³/mol. The molecule has 0 aliphatic rings. The molecule has 0 aliphatic carbocycles. The van der Waals surface area contributed by atoms with E-state index in [4.69, 9.17) is 0 Å². The maximum absolute atomic E-state index is 11.4. The van der Waals surface area contributed by atoms with Gasteiger partial charge in [0.2, 0.25) is 5.56 Å². The number of fused-ring (bicyclic) bond motifs is 3. The van der Waals surface area contributed by atoms with Crippen LogP contribution in [0.15, 0.2) is 39.7 Å². The van der Waals surface area contributed by atoms with Crippen LogP contribution in [0, 0.1) is 0 Å². The summed E-state index contributed by atoms with van der Waals surface area (Å²) in [6, 6.07) is 7.67. The molecule has 0 unspecified atom stereocenters. The maximum atomic E-state index is 11.4. The largest absolute Gasteiger partial charge is 0.342 e. The monoisotopic (exact) mass is 276 g/mol. The molecule has 2 heterocycles. The summed E-state index contributed by atoms with van der Waals surface area (Å²) in [6.45, 7) is 0. The minimum atomic E-state index is -0.0734. The molecule has 0 saturated carbocycles. The van der Waals surface area contributed by atoms with Gasteiger partial charge in [0, 0.05) is 34.6 Å². The summed E-state index contributed by atoms with van der Waals surface area (Å²) >= 11 is 3.53. The number of benzene rings is 1. The SMILES string of the molecule is Cn1c2c[nH]c(=O)cc2c2c(Br)cccc21. The fourth-order valence-electron chi connectivity index (χ4n) is 2.13. The smallest absolute Gasteiger partial charge is 0.248 e. The lowest BCUT2D eigenvalue weighted by Gasteiger charge is -1.96. The first kappa shape index (κ1) is 9.66. The Kier molecular flexibility index (Phi) is 1.94. The number of rotatable bonds is 0. The molecule has 1 N–H and O–H groups in total. The minimum Gasteiger partial charge on any atom is -0.342 e. The molecule has 0 radical (unpaired) electrons. The highest BCUT2D eigenvalue weighted by atomic mass is 79.9. The standard InChI is InChI=1S/C12H9BrN2O/c1-15-9-4-2-3-8(13)12(9)7-5-11(16)14-6-10(7)15/h2-6H,1H3,(H,14,16). The number of hydrogen-bond donors (Lipinski definition) is 1. The molecule has 1 aromatic carbocycles. The number of halogens is 1. The third-order valence-corrected chi connectivity index (χ3v) is 3.55. The summed E-state index contributed by atoms with van der Waals surface area (Å²) in [7, 11) is 2.00. The second-order valence-corrected chi connectivity index (χ2v) is 4.64. The maximum Gasteiger partial charge on any atom is 0.248 e. The first-order chi connectivity index (χ1) is 7.68. The lowest BCUT2D eigenvalue weighted by molar-refractivity contribution is 1.01. The van der Waals surface area contributed by atoms with Gasteiger partial charge in [-0.2, -0.15) is 0 Å². The minimum absolute atomic E-state index is 0.0734. The van der Waals surface area contributed by atoms with Crippen molar-refractivity contribution in [1.29, 1.82) is 0 Å². The molecule has 3 nitrogen and oxygen atoms in total. The number of pyridine rings is 1. The third kappa shape index (κ3) is 1.16. The lowest BCUT2D eigenvalue weighted by Crippen LogP contribution is -2.01. The molecule has 0 spiro atoms. The van der Waals surface area contributed by atoms with E-state index < -0.39 is 0 Å². The van der Waals surface area contributed by atoms with Crippen molar-refractivity contribution in [1.82, 2.24) is 9.55 Å². The number of nitrogens with one attached hydrogen (secondary N) is 1. The summed E-state index contributed by atoms with van der Waals surface area (Å²) in [5, 5.41) is 2.07. The Morgan fingerprint density at radius 1 is 1.31 bits per heavy atom. The zero-order valence-electron chi connectivity index (χ0n) is 8.62. The van der Waals surface area contributed by atoms with Crippen LogP contribution in [0.2, 0.25) is 0 Å². The molecule has 0 atom stereocenters. The van der Waals surface area contributed by atoms with Gasteiger partial charge >= 0.3 is 0 Å². The van der Waals surface area contributed by atoms with E-state index in [1.165, 1.54) is 0 Å². The number of H-pyrrole nitrogens is 1. The fourth-order valence-corrected chi connectivity index (χ4v) is 2.70. The van der Waals surface area contributed by atoms with Crippen molar-refractivity contribution in [2.75, 3.05) is 0 Å². The van der Waals surface area contributed by atoms with E-state index in [9.17, 15) is 4.79 Å². The quantitative estimate of drug-likeness (QED) is 0.674. The summed E-state index contributed by atoms with van der Waals surface area (Å²) in [6.07, 6.45) is 1.75. The predicted octanol–water partition coefficient (Wildman–Crippen LogP) is 2.78. The first-order valence-corrected chi connectivity index (χ1v) is 5.73.